The van der Waals surface area contributed by atoms with Crippen LogP contribution in [-0.2, 0) is 4.74 Å². The highest BCUT2D eigenvalue weighted by atomic mass is 16.5. The number of ether oxygens (including phenoxy) is 1. The van der Waals surface area contributed by atoms with Crippen molar-refractivity contribution in [3.63, 3.8) is 0 Å². The summed E-state index contributed by atoms with van der Waals surface area (Å²) in [6.07, 6.45) is 5.90. The van der Waals surface area contributed by atoms with E-state index in [2.05, 4.69) is 27.2 Å². The van der Waals surface area contributed by atoms with Gasteiger partial charge in [-0.05, 0) is 43.6 Å². The summed E-state index contributed by atoms with van der Waals surface area (Å²) in [5.41, 5.74) is 2.28. The fraction of sp³-hybridized carbons (Fsp3) is 0.409. The molecule has 0 spiro atoms. The quantitative estimate of drug-likeness (QED) is 0.683. The highest BCUT2D eigenvalue weighted by Gasteiger charge is 2.38. The normalized spacial score (nSPS) is 23.0. The maximum absolute atomic E-state index is 13.7. The molecule has 0 unspecified atom stereocenters. The molecular formula is C22H25N5O2. The lowest BCUT2D eigenvalue weighted by Crippen LogP contribution is -2.51. The lowest BCUT2D eigenvalue weighted by atomic mass is 9.96. The van der Waals surface area contributed by atoms with Gasteiger partial charge in [-0.15, -0.1) is 10.2 Å². The fourth-order valence-corrected chi connectivity index (χ4v) is 4.55. The number of hydrogen-bond donors (Lipinski definition) is 0. The minimum atomic E-state index is -0.124. The van der Waals surface area contributed by atoms with E-state index in [9.17, 15) is 4.79 Å². The van der Waals surface area contributed by atoms with Gasteiger partial charge in [-0.3, -0.25) is 9.20 Å². The van der Waals surface area contributed by atoms with E-state index in [4.69, 9.17) is 4.74 Å². The smallest absolute Gasteiger partial charge is 0.258 e. The van der Waals surface area contributed by atoms with E-state index in [1.165, 1.54) is 12.8 Å². The van der Waals surface area contributed by atoms with Crippen molar-refractivity contribution in [3.8, 4) is 0 Å². The predicted molar refractivity (Wildman–Crippen MR) is 109 cm³/mol. The number of carbonyl (C=O) groups excluding carboxylic acids is 1. The van der Waals surface area contributed by atoms with Gasteiger partial charge < -0.3 is 14.5 Å². The van der Waals surface area contributed by atoms with Crippen molar-refractivity contribution >= 4 is 11.6 Å². The largest absolute Gasteiger partial charge is 0.373 e. The molecule has 3 aromatic rings. The van der Waals surface area contributed by atoms with Crippen LogP contribution < -0.4 is 0 Å². The monoisotopic (exact) mass is 391 g/mol. The zero-order chi connectivity index (χ0) is 19.6. The summed E-state index contributed by atoms with van der Waals surface area (Å²) in [5, 5.41) is 8.12. The molecule has 0 bridgehead atoms. The Morgan fingerprint density at radius 2 is 1.90 bits per heavy atom. The second-order valence-corrected chi connectivity index (χ2v) is 7.75. The number of pyridine rings is 1. The number of hydrogen-bond acceptors (Lipinski definition) is 5. The van der Waals surface area contributed by atoms with Crippen LogP contribution in [0.5, 0.6) is 0 Å². The van der Waals surface area contributed by atoms with Crippen LogP contribution in [0.3, 0.4) is 0 Å². The van der Waals surface area contributed by atoms with E-state index in [0.717, 1.165) is 25.2 Å². The van der Waals surface area contributed by atoms with Crippen LogP contribution in [-0.4, -0.2) is 69.2 Å². The summed E-state index contributed by atoms with van der Waals surface area (Å²) in [7, 11) is 0. The van der Waals surface area contributed by atoms with Crippen LogP contribution in [0.25, 0.3) is 5.65 Å². The fourth-order valence-electron chi connectivity index (χ4n) is 4.55. The molecule has 150 valence electrons. The SMILES string of the molecule is O=C(c1cccn2cnnc12)N1CCO[C@@H](CN2CCCC2)[C@@H]1c1ccccc1. The lowest BCUT2D eigenvalue weighted by molar-refractivity contribution is -0.0706. The number of nitrogens with zero attached hydrogens (tertiary/aromatic N) is 5. The standard InChI is InChI=1S/C22H25N5O2/c28-22(18-9-6-12-26-16-23-24-21(18)26)27-13-14-29-19(15-25-10-4-5-11-25)20(27)17-7-2-1-3-8-17/h1-3,6-9,12,16,19-20H,4-5,10-11,13-15H2/t19-,20-/m0/s1. The summed E-state index contributed by atoms with van der Waals surface area (Å²) >= 11 is 0. The number of fused-ring (bicyclic) bond motifs is 1. The van der Waals surface area contributed by atoms with Crippen molar-refractivity contribution in [1.29, 1.82) is 0 Å². The molecule has 0 radical (unpaired) electrons. The van der Waals surface area contributed by atoms with Gasteiger partial charge in [0.05, 0.1) is 24.3 Å². The second kappa shape index (κ2) is 7.93. The maximum atomic E-state index is 13.7. The molecule has 0 N–H and O–H groups in total. The van der Waals surface area contributed by atoms with Gasteiger partial charge in [-0.1, -0.05) is 30.3 Å². The van der Waals surface area contributed by atoms with Crippen molar-refractivity contribution in [1.82, 2.24) is 24.4 Å². The first-order valence-electron chi connectivity index (χ1n) is 10.3. The van der Waals surface area contributed by atoms with E-state index in [-0.39, 0.29) is 18.1 Å². The van der Waals surface area contributed by atoms with E-state index < -0.39 is 0 Å². The Kier molecular flexibility index (Phi) is 4.99. The predicted octanol–water partition coefficient (Wildman–Crippen LogP) is 2.41. The first-order chi connectivity index (χ1) is 14.3. The number of carbonyl (C=O) groups is 1. The van der Waals surface area contributed by atoms with Gasteiger partial charge in [0.2, 0.25) is 0 Å². The number of amides is 1. The molecule has 7 heteroatoms. The van der Waals surface area contributed by atoms with Crippen LogP contribution in [0.2, 0.25) is 0 Å². The van der Waals surface area contributed by atoms with Gasteiger partial charge in [-0.25, -0.2) is 0 Å². The first-order valence-corrected chi connectivity index (χ1v) is 10.3. The molecule has 2 atom stereocenters. The molecule has 2 aromatic heterocycles. The molecule has 0 aliphatic carbocycles. The highest BCUT2D eigenvalue weighted by Crippen LogP contribution is 2.32. The van der Waals surface area contributed by atoms with Crippen molar-refractivity contribution in [2.45, 2.75) is 25.0 Å². The summed E-state index contributed by atoms with van der Waals surface area (Å²) in [4.78, 5) is 18.1. The minimum absolute atomic E-state index is 0.0211. The number of likely N-dealkylation sites (tertiary alicyclic amines) is 1. The third kappa shape index (κ3) is 3.52. The summed E-state index contributed by atoms with van der Waals surface area (Å²) in [6.45, 7) is 4.16. The average molecular weight is 391 g/mol. The maximum Gasteiger partial charge on any atom is 0.258 e. The summed E-state index contributed by atoms with van der Waals surface area (Å²) < 4.78 is 8.01. The van der Waals surface area contributed by atoms with Gasteiger partial charge >= 0.3 is 0 Å². The van der Waals surface area contributed by atoms with Crippen molar-refractivity contribution < 1.29 is 9.53 Å². The molecule has 4 heterocycles. The van der Waals surface area contributed by atoms with Gasteiger partial charge in [0.1, 0.15) is 6.33 Å². The Bertz CT molecular complexity index is 983. The Morgan fingerprint density at radius 1 is 1.07 bits per heavy atom. The average Bonchev–Trinajstić information content (AvgIpc) is 3.45. The number of aromatic nitrogens is 3. The Morgan fingerprint density at radius 3 is 2.72 bits per heavy atom. The van der Waals surface area contributed by atoms with E-state index >= 15 is 0 Å². The van der Waals surface area contributed by atoms with Crippen LogP contribution >= 0.6 is 0 Å². The topological polar surface area (TPSA) is 63.0 Å². The summed E-state index contributed by atoms with van der Waals surface area (Å²) in [6, 6.07) is 13.8. The molecule has 1 aromatic carbocycles. The number of rotatable bonds is 4. The zero-order valence-corrected chi connectivity index (χ0v) is 16.4. The molecule has 29 heavy (non-hydrogen) atoms. The van der Waals surface area contributed by atoms with Crippen LogP contribution in [0, 0.1) is 0 Å². The van der Waals surface area contributed by atoms with Gasteiger partial charge in [0.15, 0.2) is 5.65 Å². The van der Waals surface area contributed by atoms with Crippen molar-refractivity contribution in [2.24, 2.45) is 0 Å². The third-order valence-electron chi connectivity index (χ3n) is 5.94. The Labute approximate surface area is 169 Å². The van der Waals surface area contributed by atoms with Gasteiger partial charge in [0, 0.05) is 19.3 Å². The van der Waals surface area contributed by atoms with Crippen LogP contribution in [0.1, 0.15) is 34.8 Å². The first kappa shape index (κ1) is 18.3. The Hall–Kier alpha value is -2.77. The van der Waals surface area contributed by atoms with Crippen molar-refractivity contribution in [2.75, 3.05) is 32.8 Å². The molecule has 2 aliphatic rings. The van der Waals surface area contributed by atoms with E-state index in [1.54, 1.807) is 10.7 Å². The van der Waals surface area contributed by atoms with Gasteiger partial charge in [-0.2, -0.15) is 0 Å². The molecular weight excluding hydrogens is 366 g/mol. The molecule has 2 aliphatic heterocycles. The van der Waals surface area contributed by atoms with Crippen LogP contribution in [0.4, 0.5) is 0 Å². The van der Waals surface area contributed by atoms with Crippen LogP contribution in [0.15, 0.2) is 55.0 Å². The molecule has 7 nitrogen and oxygen atoms in total. The highest BCUT2D eigenvalue weighted by molar-refractivity contribution is 6.00. The lowest BCUT2D eigenvalue weighted by Gasteiger charge is -2.42. The molecule has 0 saturated carbocycles. The number of benzene rings is 1. The van der Waals surface area contributed by atoms with Gasteiger partial charge in [0.25, 0.3) is 5.91 Å². The van der Waals surface area contributed by atoms with E-state index in [1.807, 2.05) is 41.4 Å². The summed E-state index contributed by atoms with van der Waals surface area (Å²) in [5.74, 6) is -0.0211. The molecule has 1 amide bonds. The minimum Gasteiger partial charge on any atom is -0.373 e. The molecule has 5 rings (SSSR count). The van der Waals surface area contributed by atoms with Crippen molar-refractivity contribution in [3.05, 3.63) is 66.1 Å². The number of morpholine rings is 1. The third-order valence-corrected chi connectivity index (χ3v) is 5.94. The zero-order valence-electron chi connectivity index (χ0n) is 16.4. The second-order valence-electron chi connectivity index (χ2n) is 7.75. The van der Waals surface area contributed by atoms with E-state index in [0.29, 0.717) is 24.4 Å². The molecule has 2 fully saturated rings. The Balaban J connectivity index is 1.50. The molecule has 2 saturated heterocycles.